The number of para-hydroxylation sites is 1. The number of anilines is 2. The number of benzene rings is 2. The van der Waals surface area contributed by atoms with Gasteiger partial charge in [-0.2, -0.15) is 0 Å². The van der Waals surface area contributed by atoms with Crippen LogP contribution in [0.3, 0.4) is 0 Å². The fourth-order valence-electron chi connectivity index (χ4n) is 6.97. The molecule has 15 nitrogen and oxygen atoms in total. The molecular weight excluding hydrogens is 879 g/mol. The van der Waals surface area contributed by atoms with Crippen molar-refractivity contribution in [1.82, 2.24) is 26.3 Å². The van der Waals surface area contributed by atoms with E-state index in [1.165, 1.54) is 6.08 Å². The molecule has 1 heterocycles. The van der Waals surface area contributed by atoms with Gasteiger partial charge >= 0.3 is 6.03 Å². The normalized spacial score (nSPS) is 14.8. The van der Waals surface area contributed by atoms with E-state index in [4.69, 9.17) is 5.73 Å². The van der Waals surface area contributed by atoms with Crippen molar-refractivity contribution < 1.29 is 33.6 Å². The van der Waals surface area contributed by atoms with E-state index in [0.717, 1.165) is 17.5 Å². The molecule has 1 aromatic heterocycles. The Kier molecular flexibility index (Phi) is 18.7. The molecule has 1 aliphatic carbocycles. The molecule has 0 aliphatic heterocycles. The van der Waals surface area contributed by atoms with E-state index in [2.05, 4.69) is 36.9 Å². The minimum absolute atomic E-state index is 0.0847. The molecule has 3 aromatic rings. The summed E-state index contributed by atoms with van der Waals surface area (Å²) in [6.45, 7) is 3.99. The minimum Gasteiger partial charge on any atom is -0.368 e. The number of primary amides is 1. The van der Waals surface area contributed by atoms with Gasteiger partial charge in [0.1, 0.15) is 17.6 Å². The van der Waals surface area contributed by atoms with Crippen LogP contribution in [0.1, 0.15) is 87.8 Å². The van der Waals surface area contributed by atoms with Crippen LogP contribution in [0.5, 0.6) is 0 Å². The number of amides is 7. The molecular formula is C44H55IN8O7. The van der Waals surface area contributed by atoms with Gasteiger partial charge in [-0.15, -0.1) is 0 Å². The smallest absolute Gasteiger partial charge is 0.323 e. The molecule has 7 amide bonds. The molecule has 1 fully saturated rings. The number of hydrogen-bond acceptors (Lipinski definition) is 8. The van der Waals surface area contributed by atoms with E-state index in [9.17, 15) is 33.6 Å². The highest BCUT2D eigenvalue weighted by Gasteiger charge is 2.41. The Bertz CT molecular complexity index is 1990. The summed E-state index contributed by atoms with van der Waals surface area (Å²) in [5, 5.41) is 16.9. The number of nitrogens with zero attached hydrogens (tertiary/aromatic N) is 1. The summed E-state index contributed by atoms with van der Waals surface area (Å²) < 4.78 is -0.106. The second-order valence-corrected chi connectivity index (χ2v) is 16.5. The average Bonchev–Trinajstić information content (AvgIpc) is 3.21. The SMILES string of the molecule is Cc1ccccc1NC(=O)Nc1ccc(CC(=O)N[C@@H](CCCCNC(=O)/C=C/c2cccnc2)C(=O)N[C@@H](CC(C)CC(=O)I)C(=O)NC2(C(N)=O)CCCCC2)cc1. The van der Waals surface area contributed by atoms with E-state index in [1.54, 1.807) is 84.4 Å². The molecule has 4 rings (SSSR count). The van der Waals surface area contributed by atoms with Crippen molar-refractivity contribution >= 4 is 79.4 Å². The minimum atomic E-state index is -1.25. The maximum absolute atomic E-state index is 14.1. The molecule has 2 aromatic carbocycles. The maximum atomic E-state index is 14.1. The van der Waals surface area contributed by atoms with Gasteiger partial charge in [-0.25, -0.2) is 4.79 Å². The second kappa shape index (κ2) is 23.8. The molecule has 320 valence electrons. The van der Waals surface area contributed by atoms with Gasteiger partial charge in [0, 0.05) is 42.8 Å². The predicted molar refractivity (Wildman–Crippen MR) is 239 cm³/mol. The van der Waals surface area contributed by atoms with Crippen molar-refractivity contribution in [2.24, 2.45) is 11.7 Å². The first-order chi connectivity index (χ1) is 28.7. The van der Waals surface area contributed by atoms with Crippen molar-refractivity contribution in [3.8, 4) is 0 Å². The fourth-order valence-corrected chi connectivity index (χ4v) is 7.72. The third-order valence-corrected chi connectivity index (χ3v) is 10.7. The van der Waals surface area contributed by atoms with E-state index >= 15 is 0 Å². The van der Waals surface area contributed by atoms with Crippen molar-refractivity contribution in [3.05, 3.63) is 95.8 Å². The number of nitrogens with one attached hydrogen (secondary N) is 6. The van der Waals surface area contributed by atoms with Gasteiger partial charge in [0.2, 0.25) is 29.5 Å². The second-order valence-electron chi connectivity index (χ2n) is 15.3. The Labute approximate surface area is 364 Å². The lowest BCUT2D eigenvalue weighted by atomic mass is 9.80. The van der Waals surface area contributed by atoms with Crippen LogP contribution in [-0.2, 0) is 35.2 Å². The Morgan fingerprint density at radius 1 is 0.867 bits per heavy atom. The lowest BCUT2D eigenvalue weighted by molar-refractivity contribution is -0.136. The Balaban J connectivity index is 1.43. The number of hydrogen-bond donors (Lipinski definition) is 7. The van der Waals surface area contributed by atoms with Crippen LogP contribution in [0.2, 0.25) is 0 Å². The number of rotatable bonds is 21. The molecule has 60 heavy (non-hydrogen) atoms. The van der Waals surface area contributed by atoms with Crippen molar-refractivity contribution in [3.63, 3.8) is 0 Å². The molecule has 8 N–H and O–H groups in total. The number of urea groups is 1. The molecule has 1 aliphatic rings. The number of carbonyl (C=O) groups excluding carboxylic acids is 7. The van der Waals surface area contributed by atoms with Crippen molar-refractivity contribution in [2.45, 2.75) is 102 Å². The fraction of sp³-hybridized carbons (Fsp3) is 0.409. The summed E-state index contributed by atoms with van der Waals surface area (Å²) in [5.74, 6) is -2.90. The third kappa shape index (κ3) is 15.8. The highest BCUT2D eigenvalue weighted by molar-refractivity contribution is 14.1. The molecule has 0 bridgehead atoms. The van der Waals surface area contributed by atoms with Crippen LogP contribution < -0.4 is 37.6 Å². The first-order valence-electron chi connectivity index (χ1n) is 20.2. The maximum Gasteiger partial charge on any atom is 0.323 e. The van der Waals surface area contributed by atoms with Gasteiger partial charge < -0.3 is 37.6 Å². The third-order valence-electron chi connectivity index (χ3n) is 10.3. The number of nitrogens with two attached hydrogens (primary N) is 1. The standard InChI is InChI=1S/C44H55IN8O7/c1-29(26-37(45)54)25-36(41(58)53-44(42(46)59)21-7-3-8-22-44)51-40(57)35(14-6-9-24-48-38(55)20-17-32-12-10-23-47-28-32)50-39(56)27-31-15-18-33(19-16-31)49-43(60)52-34-13-5-4-11-30(34)2/h4-5,10-13,15-20,23,28-29,35-36H,3,6-9,14,21-22,24-27H2,1-2H3,(H2,46,59)(H,48,55)(H,50,56)(H,51,57)(H,53,58)(H2,49,52,60)/b20-17+/t29?,35-,36-/m0/s1. The van der Waals surface area contributed by atoms with Gasteiger partial charge in [0.15, 0.2) is 3.79 Å². The summed E-state index contributed by atoms with van der Waals surface area (Å²) in [6, 6.07) is 15.1. The highest BCUT2D eigenvalue weighted by atomic mass is 127. The Morgan fingerprint density at radius 3 is 2.27 bits per heavy atom. The van der Waals surface area contributed by atoms with E-state index in [1.807, 2.05) is 31.2 Å². The largest absolute Gasteiger partial charge is 0.368 e. The van der Waals surface area contributed by atoms with Gasteiger partial charge in [-0.3, -0.25) is 33.8 Å². The van der Waals surface area contributed by atoms with E-state index in [0.29, 0.717) is 62.0 Å². The number of aromatic nitrogens is 1. The molecule has 0 radical (unpaired) electrons. The topological polar surface area (TPSA) is 231 Å². The van der Waals surface area contributed by atoms with Crippen LogP contribution in [0, 0.1) is 12.8 Å². The van der Waals surface area contributed by atoms with Crippen LogP contribution in [-0.4, -0.2) is 68.5 Å². The number of carbonyl (C=O) groups is 7. The zero-order valence-electron chi connectivity index (χ0n) is 34.1. The first-order valence-corrected chi connectivity index (χ1v) is 21.3. The van der Waals surface area contributed by atoms with Gasteiger partial charge in [-0.1, -0.05) is 62.6 Å². The van der Waals surface area contributed by atoms with Crippen LogP contribution in [0.15, 0.2) is 79.1 Å². The van der Waals surface area contributed by atoms with Crippen LogP contribution in [0.4, 0.5) is 16.2 Å². The first kappa shape index (κ1) is 47.0. The highest BCUT2D eigenvalue weighted by Crippen LogP contribution is 2.28. The van der Waals surface area contributed by atoms with E-state index in [-0.39, 0.29) is 41.3 Å². The molecule has 1 unspecified atom stereocenters. The number of pyridine rings is 1. The summed E-state index contributed by atoms with van der Waals surface area (Å²) in [5.41, 5.74) is 8.05. The summed E-state index contributed by atoms with van der Waals surface area (Å²) in [7, 11) is 0. The van der Waals surface area contributed by atoms with Crippen LogP contribution >= 0.6 is 22.6 Å². The van der Waals surface area contributed by atoms with Gasteiger partial charge in [0.05, 0.1) is 6.42 Å². The lowest BCUT2D eigenvalue weighted by Gasteiger charge is -2.36. The Hall–Kier alpha value is -5.65. The molecule has 0 saturated heterocycles. The van der Waals surface area contributed by atoms with E-state index < -0.39 is 47.3 Å². The zero-order chi connectivity index (χ0) is 43.5. The summed E-state index contributed by atoms with van der Waals surface area (Å²) in [6.07, 6.45) is 10.7. The molecule has 0 spiro atoms. The summed E-state index contributed by atoms with van der Waals surface area (Å²) in [4.78, 5) is 95.0. The Morgan fingerprint density at radius 2 is 1.60 bits per heavy atom. The zero-order valence-corrected chi connectivity index (χ0v) is 36.2. The number of aryl methyl sites for hydroxylation is 1. The van der Waals surface area contributed by atoms with Crippen LogP contribution in [0.25, 0.3) is 6.08 Å². The number of unbranched alkanes of at least 4 members (excludes halogenated alkanes) is 1. The predicted octanol–water partition coefficient (Wildman–Crippen LogP) is 5.23. The van der Waals surface area contributed by atoms with Gasteiger partial charge in [0.25, 0.3) is 0 Å². The lowest BCUT2D eigenvalue weighted by Crippen LogP contribution is -2.63. The number of halogens is 1. The quantitative estimate of drug-likeness (QED) is 0.0323. The molecule has 3 atom stereocenters. The van der Waals surface area contributed by atoms with Crippen molar-refractivity contribution in [2.75, 3.05) is 17.2 Å². The molecule has 1 saturated carbocycles. The monoisotopic (exact) mass is 934 g/mol. The summed E-state index contributed by atoms with van der Waals surface area (Å²) >= 11 is 1.69. The van der Waals surface area contributed by atoms with Gasteiger partial charge in [-0.05, 0) is 121 Å². The van der Waals surface area contributed by atoms with Crippen molar-refractivity contribution in [1.29, 1.82) is 0 Å². The molecule has 16 heteroatoms. The average molecular weight is 935 g/mol.